The van der Waals surface area contributed by atoms with E-state index in [9.17, 15) is 14.4 Å². The van der Waals surface area contributed by atoms with Gasteiger partial charge in [0.1, 0.15) is 9.81 Å². The first kappa shape index (κ1) is 54.0. The third-order valence-electron chi connectivity index (χ3n) is 8.69. The van der Waals surface area contributed by atoms with Gasteiger partial charge in [-0.15, -0.1) is 0 Å². The van der Waals surface area contributed by atoms with Gasteiger partial charge in [0, 0.05) is 207 Å². The van der Waals surface area contributed by atoms with Gasteiger partial charge in [-0.05, 0) is 73.9 Å². The fourth-order valence-electron chi connectivity index (χ4n) is 6.07. The van der Waals surface area contributed by atoms with Crippen LogP contribution in [0.3, 0.4) is 0 Å². The largest absolute Gasteiger partial charge is 0.472 e. The van der Waals surface area contributed by atoms with Crippen molar-refractivity contribution < 1.29 is 123 Å². The van der Waals surface area contributed by atoms with Crippen molar-refractivity contribution in [2.45, 2.75) is 20.8 Å². The first-order valence-corrected chi connectivity index (χ1v) is 18.5. The summed E-state index contributed by atoms with van der Waals surface area (Å²) in [5.41, 5.74) is 6.47. The van der Waals surface area contributed by atoms with E-state index in [0.29, 0.717) is 112 Å². The van der Waals surface area contributed by atoms with Crippen molar-refractivity contribution in [2.75, 3.05) is 78.5 Å². The Hall–Kier alpha value is -4.03. The molecule has 0 aromatic rings. The van der Waals surface area contributed by atoms with Crippen molar-refractivity contribution in [1.82, 2.24) is 25.8 Å². The Morgan fingerprint density at radius 2 is 0.717 bits per heavy atom. The summed E-state index contributed by atoms with van der Waals surface area (Å²) in [5, 5.41) is 35.1. The molecule has 60 heavy (non-hydrogen) atoms. The van der Waals surface area contributed by atoms with E-state index in [1.807, 2.05) is 57.2 Å². The predicted molar refractivity (Wildman–Crippen MR) is 216 cm³/mol. The van der Waals surface area contributed by atoms with Gasteiger partial charge in [-0.1, -0.05) is 0 Å². The summed E-state index contributed by atoms with van der Waals surface area (Å²) in [5.74, 6) is -0.167. The molecule has 3 aliphatic carbocycles. The van der Waals surface area contributed by atoms with Crippen molar-refractivity contribution >= 4 is 36.0 Å². The maximum absolute atomic E-state index is 13.3. The van der Waals surface area contributed by atoms with Gasteiger partial charge in [0.05, 0.1) is 19.6 Å². The molecule has 0 saturated heterocycles. The zero-order chi connectivity index (χ0) is 42.5. The molecule has 0 fully saturated rings. The molecule has 0 spiro atoms. The van der Waals surface area contributed by atoms with Crippen LogP contribution in [0.4, 0.5) is 0 Å². The number of allylic oxidation sites excluding steroid dienone is 15. The van der Waals surface area contributed by atoms with Crippen LogP contribution in [0, 0.1) is 87.0 Å². The first-order valence-electron chi connectivity index (χ1n) is 18.5. The van der Waals surface area contributed by atoms with Gasteiger partial charge in [-0.3, -0.25) is 39.2 Å². The molecule has 2 radical (unpaired) electrons. The molecule has 3 aliphatic heterocycles. The van der Waals surface area contributed by atoms with E-state index in [-0.39, 0.29) is 94.6 Å². The van der Waals surface area contributed by atoms with E-state index >= 15 is 0 Å². The molecule has 21 heteroatoms. The molecule has 6 rings (SSSR count). The minimum atomic E-state index is -1.25. The molecule has 0 atom stereocenters. The van der Waals surface area contributed by atoms with Crippen LogP contribution in [0.15, 0.2) is 120 Å². The van der Waals surface area contributed by atoms with Crippen LogP contribution in [-0.2, 0) is 14.4 Å². The Kier molecular flexibility index (Phi) is 26.3. The number of hydrogen-bond acceptors (Lipinski definition) is 13. The van der Waals surface area contributed by atoms with Crippen LogP contribution in [0.1, 0.15) is 20.8 Å². The van der Waals surface area contributed by atoms with E-state index < -0.39 is 10.2 Å². The fraction of sp³-hybridized carbons (Fsp3) is 0.385. The summed E-state index contributed by atoms with van der Waals surface area (Å²) < 4.78 is 0. The average molecular weight is 1120 g/mol. The monoisotopic (exact) mass is 1120 g/mol. The zero-order valence-electron chi connectivity index (χ0n) is 33.5. The summed E-state index contributed by atoms with van der Waals surface area (Å²) >= 11 is 0. The summed E-state index contributed by atoms with van der Waals surface area (Å²) in [6, 6.07) is 0. The molecular weight excluding hydrogens is 1070 g/mol. The SMILES string of the molecule is CC1=CC2=CNCCN3CCNC=C4C=C(C)C=C(C=NCCN(CCN=CC(=C1)C2=O)CCN=CC1=CC(C)=CC(=CNCC3)C1=O)C4=O.O=[N+](O)O.O=[N+](O)O.[Tb].[Tb]. The Bertz CT molecular complexity index is 1740. The molecule has 6 aliphatic rings. The zero-order valence-corrected chi connectivity index (χ0v) is 37.8. The van der Waals surface area contributed by atoms with Crippen molar-refractivity contribution in [3.05, 3.63) is 115 Å². The minimum absolute atomic E-state index is 0. The van der Waals surface area contributed by atoms with Crippen molar-refractivity contribution in [1.29, 1.82) is 0 Å². The van der Waals surface area contributed by atoms with Crippen molar-refractivity contribution in [3.8, 4) is 0 Å². The number of rotatable bonds is 0. The molecule has 0 aromatic heterocycles. The van der Waals surface area contributed by atoms with Crippen LogP contribution >= 0.6 is 0 Å². The van der Waals surface area contributed by atoms with E-state index in [2.05, 4.69) is 40.7 Å². The minimum Gasteiger partial charge on any atom is -0.389 e. The van der Waals surface area contributed by atoms with Gasteiger partial charge in [0.25, 0.3) is 0 Å². The topological polar surface area (TPSA) is 252 Å². The molecule has 3 heterocycles. The Balaban J connectivity index is 0.00000165. The molecule has 7 N–H and O–H groups in total. The average Bonchev–Trinajstić information content (AvgIpc) is 3.14. The van der Waals surface area contributed by atoms with Gasteiger partial charge in [-0.25, -0.2) is 20.8 Å². The van der Waals surface area contributed by atoms with Crippen LogP contribution in [0.25, 0.3) is 0 Å². The smallest absolute Gasteiger partial charge is 0.389 e. The van der Waals surface area contributed by atoms with Crippen LogP contribution in [0.2, 0.25) is 0 Å². The van der Waals surface area contributed by atoms with Gasteiger partial charge in [0.2, 0.25) is 0 Å². The molecule has 328 valence electrons. The van der Waals surface area contributed by atoms with E-state index in [1.165, 1.54) is 0 Å². The number of carbonyl (C=O) groups excluding carboxylic acids is 3. The van der Waals surface area contributed by atoms with Crippen molar-refractivity contribution in [3.63, 3.8) is 0 Å². The Labute approximate surface area is 409 Å². The number of hydrogen-bond donors (Lipinski definition) is 7. The summed E-state index contributed by atoms with van der Waals surface area (Å²) in [6.07, 6.45) is 21.7. The van der Waals surface area contributed by atoms with E-state index in [0.717, 1.165) is 16.7 Å². The maximum atomic E-state index is 13.3. The number of aliphatic imine (C=N–C) groups is 3. The quantitative estimate of drug-likeness (QED) is 0.171. The molecule has 0 unspecified atom stereocenters. The van der Waals surface area contributed by atoms with E-state index in [4.69, 9.17) is 30.6 Å². The molecule has 0 aromatic carbocycles. The molecule has 0 amide bonds. The summed E-state index contributed by atoms with van der Waals surface area (Å²) in [4.78, 5) is 75.2. The van der Waals surface area contributed by atoms with E-state index in [1.54, 1.807) is 37.2 Å². The summed E-state index contributed by atoms with van der Waals surface area (Å²) in [6.45, 7) is 13.3. The molecule has 0 saturated carbocycles. The third kappa shape index (κ3) is 20.5. The first-order chi connectivity index (χ1) is 27.7. The molecule has 19 nitrogen and oxygen atoms in total. The predicted octanol–water partition coefficient (Wildman–Crippen LogP) is 1.70. The number of fused-ring (bicyclic) bond motifs is 15. The van der Waals surface area contributed by atoms with Gasteiger partial charge in [0.15, 0.2) is 17.3 Å². The number of carbonyl (C=O) groups is 3. The Morgan fingerprint density at radius 3 is 0.983 bits per heavy atom. The van der Waals surface area contributed by atoms with Gasteiger partial charge in [-0.2, -0.15) is 0 Å². The maximum Gasteiger partial charge on any atom is 0.472 e. The standard InChI is InChI=1S/C39H48N8O3.2H2NO3.2Tb/c1-28-16-31-22-40-4-10-46-12-6-42-24-33-18-29(2)19-34(38(33)49)25-43-7-13-47(11-5-41-23-32(17-28)37(31)48)15-9-45-27-36-21-30(3)20-35(39(36)50)26-44-8-14-46;2*2-1(3)4;;/h16-27,40,42,44H,4-15H2,1-3H3;2*(H2,2,3,4);;/q;2*+1;;. The molecule has 8 bridgehead atoms. The second-order valence-corrected chi connectivity index (χ2v) is 13.4. The fourth-order valence-corrected chi connectivity index (χ4v) is 6.07. The van der Waals surface area contributed by atoms with Crippen molar-refractivity contribution in [2.24, 2.45) is 15.0 Å². The van der Waals surface area contributed by atoms with Crippen LogP contribution < -0.4 is 16.0 Å². The third-order valence-corrected chi connectivity index (χ3v) is 8.69. The van der Waals surface area contributed by atoms with Gasteiger partial charge < -0.3 is 16.0 Å². The number of ketones is 3. The summed E-state index contributed by atoms with van der Waals surface area (Å²) in [7, 11) is 0. The number of nitrogens with zero attached hydrogens (tertiary/aromatic N) is 7. The second kappa shape index (κ2) is 29.3. The van der Waals surface area contributed by atoms with Crippen LogP contribution in [0.5, 0.6) is 0 Å². The van der Waals surface area contributed by atoms with Crippen LogP contribution in [-0.4, -0.2) is 155 Å². The number of nitrogens with one attached hydrogen (secondary N) is 3. The van der Waals surface area contributed by atoms with Gasteiger partial charge >= 0.3 is 10.2 Å². The second-order valence-electron chi connectivity index (χ2n) is 13.4. The Morgan fingerprint density at radius 1 is 0.467 bits per heavy atom. The number of Topliss-reactive ketones (excluding diaryl/α,β-unsaturated/α-hetero) is 3. The molecular formula is C39H52N10O9Tb2+2. The normalized spacial score (nSPS) is 21.4.